The zero-order chi connectivity index (χ0) is 22.6. The summed E-state index contributed by atoms with van der Waals surface area (Å²) in [5.74, 6) is 0.209. The second kappa shape index (κ2) is 9.65. The van der Waals surface area contributed by atoms with Crippen LogP contribution in [0.2, 0.25) is 0 Å². The molecule has 0 atom stereocenters. The van der Waals surface area contributed by atoms with Crippen LogP contribution >= 0.6 is 23.1 Å². The Labute approximate surface area is 201 Å². The molecule has 0 unspecified atom stereocenters. The Morgan fingerprint density at radius 3 is 2.21 bits per heavy atom. The first-order valence-corrected chi connectivity index (χ1v) is 12.6. The number of nitrogens with zero attached hydrogens (tertiary/aromatic N) is 1. The van der Waals surface area contributed by atoms with Crippen LogP contribution in [0.25, 0.3) is 0 Å². The summed E-state index contributed by atoms with van der Waals surface area (Å²) in [5, 5.41) is 4.81. The van der Waals surface area contributed by atoms with Crippen LogP contribution in [0.4, 0.5) is 17.1 Å². The predicted octanol–water partition coefficient (Wildman–Crippen LogP) is 6.56. The number of anilines is 3. The van der Waals surface area contributed by atoms with Crippen LogP contribution in [-0.4, -0.2) is 17.6 Å². The molecule has 5 rings (SSSR count). The summed E-state index contributed by atoms with van der Waals surface area (Å²) < 4.78 is 0. The summed E-state index contributed by atoms with van der Waals surface area (Å²) in [6.07, 6.45) is 1.83. The Kier molecular flexibility index (Phi) is 6.28. The first-order valence-electron chi connectivity index (χ1n) is 10.8. The predicted molar refractivity (Wildman–Crippen MR) is 137 cm³/mol. The lowest BCUT2D eigenvalue weighted by atomic mass is 10.0. The van der Waals surface area contributed by atoms with E-state index in [1.807, 2.05) is 77.0 Å². The van der Waals surface area contributed by atoms with E-state index in [0.717, 1.165) is 34.8 Å². The molecule has 0 saturated heterocycles. The van der Waals surface area contributed by atoms with Gasteiger partial charge in [0.2, 0.25) is 5.91 Å². The third kappa shape index (κ3) is 4.72. The zero-order valence-corrected chi connectivity index (χ0v) is 19.5. The number of thioether (sulfide) groups is 1. The van der Waals surface area contributed by atoms with E-state index in [-0.39, 0.29) is 11.8 Å². The number of carbonyl (C=O) groups is 2. The van der Waals surface area contributed by atoms with Gasteiger partial charge < -0.3 is 5.32 Å². The zero-order valence-electron chi connectivity index (χ0n) is 17.9. The van der Waals surface area contributed by atoms with Gasteiger partial charge in [-0.3, -0.25) is 14.5 Å². The minimum atomic E-state index is -0.124. The van der Waals surface area contributed by atoms with Crippen LogP contribution in [-0.2, 0) is 17.6 Å². The van der Waals surface area contributed by atoms with Crippen molar-refractivity contribution in [2.24, 2.45) is 0 Å². The largest absolute Gasteiger partial charge is 0.321 e. The number of nitrogens with one attached hydrogen (secondary N) is 1. The smallest absolute Gasteiger partial charge is 0.265 e. The monoisotopic (exact) mass is 470 g/mol. The number of thiophene rings is 1. The second-order valence-corrected chi connectivity index (χ2v) is 9.73. The SMILES string of the molecule is O=C(Nc1cccc(SCC(=O)N2c3ccccc3CCc3ccccc32)c1)c1cccs1. The Balaban J connectivity index is 1.34. The Morgan fingerprint density at radius 1 is 0.848 bits per heavy atom. The van der Waals surface area contributed by atoms with Gasteiger partial charge in [-0.15, -0.1) is 23.1 Å². The van der Waals surface area contributed by atoms with Crippen molar-refractivity contribution in [1.82, 2.24) is 0 Å². The number of fused-ring (bicyclic) bond motifs is 2. The summed E-state index contributed by atoms with van der Waals surface area (Å²) >= 11 is 2.88. The summed E-state index contributed by atoms with van der Waals surface area (Å²) in [5.41, 5.74) is 5.02. The van der Waals surface area contributed by atoms with Gasteiger partial charge in [0.15, 0.2) is 0 Å². The number of hydrogen-bond acceptors (Lipinski definition) is 4. The van der Waals surface area contributed by atoms with Crippen molar-refractivity contribution in [3.8, 4) is 0 Å². The fourth-order valence-electron chi connectivity index (χ4n) is 4.02. The number of para-hydroxylation sites is 2. The van der Waals surface area contributed by atoms with E-state index < -0.39 is 0 Å². The third-order valence-electron chi connectivity index (χ3n) is 5.58. The van der Waals surface area contributed by atoms with Gasteiger partial charge in [-0.1, -0.05) is 48.5 Å². The maximum atomic E-state index is 13.5. The molecule has 1 aromatic heterocycles. The van der Waals surface area contributed by atoms with Gasteiger partial charge in [0.05, 0.1) is 22.0 Å². The topological polar surface area (TPSA) is 49.4 Å². The molecule has 2 heterocycles. The van der Waals surface area contributed by atoms with Crippen LogP contribution in [0.15, 0.2) is 95.2 Å². The number of benzene rings is 3. The molecule has 1 N–H and O–H groups in total. The standard InChI is InChI=1S/C27H22N2O2S2/c30-26(18-33-22-10-5-9-21(17-22)28-27(31)25-13-6-16-32-25)29-23-11-3-1-7-19(23)14-15-20-8-2-4-12-24(20)29/h1-13,16-17H,14-15,18H2,(H,28,31). The molecule has 0 fully saturated rings. The van der Waals surface area contributed by atoms with Crippen molar-refractivity contribution in [2.45, 2.75) is 17.7 Å². The highest BCUT2D eigenvalue weighted by atomic mass is 32.2. The minimum absolute atomic E-state index is 0.0369. The average Bonchev–Trinajstić information content (AvgIpc) is 3.33. The fourth-order valence-corrected chi connectivity index (χ4v) is 5.45. The highest BCUT2D eigenvalue weighted by Crippen LogP contribution is 2.37. The number of rotatable bonds is 5. The van der Waals surface area contributed by atoms with Gasteiger partial charge in [-0.2, -0.15) is 0 Å². The lowest BCUT2D eigenvalue weighted by Gasteiger charge is -2.25. The van der Waals surface area contributed by atoms with E-state index in [2.05, 4.69) is 17.4 Å². The molecule has 0 spiro atoms. The number of hydrogen-bond donors (Lipinski definition) is 1. The van der Waals surface area contributed by atoms with Crippen molar-refractivity contribution in [2.75, 3.05) is 16.0 Å². The maximum Gasteiger partial charge on any atom is 0.265 e. The van der Waals surface area contributed by atoms with Crippen LogP contribution in [0, 0.1) is 0 Å². The second-order valence-electron chi connectivity index (χ2n) is 7.73. The van der Waals surface area contributed by atoms with E-state index in [1.54, 1.807) is 6.07 Å². The molecule has 6 heteroatoms. The molecule has 0 saturated carbocycles. The molecule has 4 nitrogen and oxygen atoms in total. The van der Waals surface area contributed by atoms with Gasteiger partial charge in [0.1, 0.15) is 0 Å². The molecule has 164 valence electrons. The Hall–Kier alpha value is -3.35. The first kappa shape index (κ1) is 21.5. The molecular formula is C27H22N2O2S2. The van der Waals surface area contributed by atoms with Crippen molar-refractivity contribution >= 4 is 52.0 Å². The third-order valence-corrected chi connectivity index (χ3v) is 7.42. The quantitative estimate of drug-likeness (QED) is 0.336. The van der Waals surface area contributed by atoms with Crippen molar-refractivity contribution < 1.29 is 9.59 Å². The van der Waals surface area contributed by atoms with E-state index in [0.29, 0.717) is 10.6 Å². The lowest BCUT2D eigenvalue weighted by Crippen LogP contribution is -2.28. The van der Waals surface area contributed by atoms with Gasteiger partial charge >= 0.3 is 0 Å². The molecular weight excluding hydrogens is 448 g/mol. The highest BCUT2D eigenvalue weighted by Gasteiger charge is 2.25. The minimum Gasteiger partial charge on any atom is -0.321 e. The Bertz CT molecular complexity index is 1250. The molecule has 0 bridgehead atoms. The summed E-state index contributed by atoms with van der Waals surface area (Å²) in [6.45, 7) is 0. The summed E-state index contributed by atoms with van der Waals surface area (Å²) in [6, 6.07) is 27.6. The average molecular weight is 471 g/mol. The highest BCUT2D eigenvalue weighted by molar-refractivity contribution is 8.00. The number of carbonyl (C=O) groups excluding carboxylic acids is 2. The van der Waals surface area contributed by atoms with Crippen molar-refractivity contribution in [3.05, 3.63) is 106 Å². The van der Waals surface area contributed by atoms with Crippen molar-refractivity contribution in [3.63, 3.8) is 0 Å². The van der Waals surface area contributed by atoms with E-state index in [4.69, 9.17) is 0 Å². The fraction of sp³-hybridized carbons (Fsp3) is 0.111. The van der Waals surface area contributed by atoms with E-state index in [1.165, 1.54) is 34.2 Å². The lowest BCUT2D eigenvalue weighted by molar-refractivity contribution is -0.115. The molecule has 3 aromatic carbocycles. The van der Waals surface area contributed by atoms with Crippen LogP contribution < -0.4 is 10.2 Å². The molecule has 2 amide bonds. The van der Waals surface area contributed by atoms with E-state index >= 15 is 0 Å². The van der Waals surface area contributed by atoms with Crippen molar-refractivity contribution in [1.29, 1.82) is 0 Å². The molecule has 0 aliphatic carbocycles. The van der Waals surface area contributed by atoms with Gasteiger partial charge in [0.25, 0.3) is 5.91 Å². The van der Waals surface area contributed by atoms with Crippen LogP contribution in [0.5, 0.6) is 0 Å². The van der Waals surface area contributed by atoms with Gasteiger partial charge in [-0.25, -0.2) is 0 Å². The molecule has 1 aliphatic heterocycles. The molecule has 1 aliphatic rings. The summed E-state index contributed by atoms with van der Waals surface area (Å²) in [4.78, 5) is 29.3. The Morgan fingerprint density at radius 2 is 1.55 bits per heavy atom. The summed E-state index contributed by atoms with van der Waals surface area (Å²) in [7, 11) is 0. The van der Waals surface area contributed by atoms with Gasteiger partial charge in [0, 0.05) is 10.6 Å². The number of amides is 2. The normalized spacial score (nSPS) is 12.4. The molecule has 33 heavy (non-hydrogen) atoms. The van der Waals surface area contributed by atoms with Gasteiger partial charge in [-0.05, 0) is 65.7 Å². The first-order chi connectivity index (χ1) is 16.2. The maximum absolute atomic E-state index is 13.5. The molecule has 0 radical (unpaired) electrons. The van der Waals surface area contributed by atoms with Crippen LogP contribution in [0.1, 0.15) is 20.8 Å². The van der Waals surface area contributed by atoms with Crippen LogP contribution in [0.3, 0.4) is 0 Å². The molecule has 4 aromatic rings. The number of aryl methyl sites for hydroxylation is 2. The van der Waals surface area contributed by atoms with E-state index in [9.17, 15) is 9.59 Å².